The van der Waals surface area contributed by atoms with Crippen LogP contribution < -0.4 is 0 Å². The van der Waals surface area contributed by atoms with Crippen molar-refractivity contribution in [1.82, 2.24) is 0 Å². The summed E-state index contributed by atoms with van der Waals surface area (Å²) < 4.78 is 8.36. The van der Waals surface area contributed by atoms with Gasteiger partial charge < -0.3 is 14.6 Å². The molecule has 0 aliphatic carbocycles. The average molecular weight is 184 g/mol. The van der Waals surface area contributed by atoms with Gasteiger partial charge in [-0.2, -0.15) is 0 Å². The lowest BCUT2D eigenvalue weighted by Gasteiger charge is -1.97. The molecule has 13 heavy (non-hydrogen) atoms. The van der Waals surface area contributed by atoms with Gasteiger partial charge >= 0.3 is 17.9 Å². The zero-order valence-electron chi connectivity index (χ0n) is 6.73. The molecule has 0 spiro atoms. The summed E-state index contributed by atoms with van der Waals surface area (Å²) >= 11 is 0. The first kappa shape index (κ1) is 11.0. The normalized spacial score (nSPS) is 10.0. The number of aliphatic hydroxyl groups is 1. The second-order valence-electron chi connectivity index (χ2n) is 1.72. The lowest BCUT2D eigenvalue weighted by Crippen LogP contribution is -2.01. The lowest BCUT2D eigenvalue weighted by molar-refractivity contribution is -0.140. The van der Waals surface area contributed by atoms with E-state index in [9.17, 15) is 9.59 Å². The van der Waals surface area contributed by atoms with E-state index < -0.39 is 17.9 Å². The number of hydrogen-bond donors (Lipinski definition) is 1. The van der Waals surface area contributed by atoms with Crippen molar-refractivity contribution in [3.63, 3.8) is 0 Å². The second kappa shape index (κ2) is 5.59. The monoisotopic (exact) mass is 184 g/mol. The maximum Gasteiger partial charge on any atom is 0.338 e. The van der Waals surface area contributed by atoms with Crippen LogP contribution in [0.1, 0.15) is 0 Å². The Morgan fingerprint density at radius 2 is 1.69 bits per heavy atom. The van der Waals surface area contributed by atoms with Crippen molar-refractivity contribution in [2.45, 2.75) is 0 Å². The van der Waals surface area contributed by atoms with Gasteiger partial charge in [-0.25, -0.2) is 9.59 Å². The van der Waals surface area contributed by atoms with Crippen molar-refractivity contribution in [3.05, 3.63) is 37.5 Å². The first-order chi connectivity index (χ1) is 6.10. The summed E-state index contributed by atoms with van der Waals surface area (Å²) in [7, 11) is 0. The van der Waals surface area contributed by atoms with Crippen molar-refractivity contribution in [3.8, 4) is 0 Å². The number of aliphatic hydroxyl groups excluding tert-OH is 1. The molecule has 0 atom stereocenters. The number of esters is 2. The van der Waals surface area contributed by atoms with Gasteiger partial charge in [0, 0.05) is 12.2 Å². The van der Waals surface area contributed by atoms with E-state index in [2.05, 4.69) is 22.6 Å². The molecule has 0 aromatic rings. The predicted octanol–water partition coefficient (Wildman–Crippen LogP) is 0.802. The highest BCUT2D eigenvalue weighted by Gasteiger charge is 2.01. The fraction of sp³-hybridized carbons (Fsp3) is 0. The Morgan fingerprint density at radius 1 is 1.15 bits per heavy atom. The Kier molecular flexibility index (Phi) is 4.71. The van der Waals surface area contributed by atoms with E-state index in [0.717, 1.165) is 12.2 Å². The van der Waals surface area contributed by atoms with Crippen LogP contribution in [0.3, 0.4) is 0 Å². The summed E-state index contributed by atoms with van der Waals surface area (Å²) in [6.07, 6.45) is 2.31. The molecule has 0 aromatic carbocycles. The zero-order valence-corrected chi connectivity index (χ0v) is 6.73. The minimum absolute atomic E-state index is 0.575. The van der Waals surface area contributed by atoms with Crippen molar-refractivity contribution in [2.24, 2.45) is 0 Å². The molecular weight excluding hydrogens is 176 g/mol. The van der Waals surface area contributed by atoms with E-state index in [1.807, 2.05) is 0 Å². The summed E-state index contributed by atoms with van der Waals surface area (Å²) in [4.78, 5) is 20.8. The third-order valence-electron chi connectivity index (χ3n) is 0.814. The van der Waals surface area contributed by atoms with E-state index in [-0.39, 0.29) is 0 Å². The molecular formula is C8H8O5. The third-order valence-corrected chi connectivity index (χ3v) is 0.814. The van der Waals surface area contributed by atoms with Crippen LogP contribution in [-0.4, -0.2) is 17.0 Å². The molecule has 0 saturated heterocycles. The maximum atomic E-state index is 10.4. The molecule has 1 N–H and O–H groups in total. The molecule has 0 radical (unpaired) electrons. The standard InChI is InChI=1S/C8H8O5/c1-3-6(9)12-5-8(11)13-7(10)4-2/h3-5,11H,1-2H2/b8-5+. The molecule has 5 nitrogen and oxygen atoms in total. The summed E-state index contributed by atoms with van der Waals surface area (Å²) in [5, 5.41) is 8.75. The minimum Gasteiger partial charge on any atom is -0.478 e. The molecule has 0 aliphatic heterocycles. The van der Waals surface area contributed by atoms with Crippen molar-refractivity contribution < 1.29 is 24.2 Å². The molecule has 0 saturated carbocycles. The first-order valence-electron chi connectivity index (χ1n) is 3.16. The van der Waals surface area contributed by atoms with E-state index in [0.29, 0.717) is 6.26 Å². The Balaban J connectivity index is 4.02. The van der Waals surface area contributed by atoms with Gasteiger partial charge in [0.1, 0.15) is 0 Å². The van der Waals surface area contributed by atoms with Crippen LogP contribution in [0.4, 0.5) is 0 Å². The molecule has 70 valence electrons. The van der Waals surface area contributed by atoms with E-state index in [1.54, 1.807) is 0 Å². The van der Waals surface area contributed by atoms with Crippen LogP contribution in [0.5, 0.6) is 0 Å². The molecule has 0 aromatic heterocycles. The number of carbonyl (C=O) groups excluding carboxylic acids is 2. The highest BCUT2D eigenvalue weighted by Crippen LogP contribution is 1.94. The van der Waals surface area contributed by atoms with Crippen LogP contribution in [0.25, 0.3) is 0 Å². The molecule has 0 fully saturated rings. The van der Waals surface area contributed by atoms with Crippen LogP contribution >= 0.6 is 0 Å². The van der Waals surface area contributed by atoms with Crippen LogP contribution in [-0.2, 0) is 19.1 Å². The van der Waals surface area contributed by atoms with Gasteiger partial charge in [0.15, 0.2) is 6.26 Å². The molecule has 0 heterocycles. The zero-order chi connectivity index (χ0) is 10.3. The van der Waals surface area contributed by atoms with E-state index in [4.69, 9.17) is 5.11 Å². The maximum absolute atomic E-state index is 10.4. The van der Waals surface area contributed by atoms with Gasteiger partial charge in [-0.1, -0.05) is 13.2 Å². The van der Waals surface area contributed by atoms with E-state index >= 15 is 0 Å². The fourth-order valence-electron chi connectivity index (χ4n) is 0.325. The van der Waals surface area contributed by atoms with Crippen molar-refractivity contribution in [2.75, 3.05) is 0 Å². The average Bonchev–Trinajstić information content (AvgIpc) is 2.13. The first-order valence-corrected chi connectivity index (χ1v) is 3.16. The Labute approximate surface area is 74.6 Å². The van der Waals surface area contributed by atoms with Gasteiger partial charge in [-0.05, 0) is 0 Å². The van der Waals surface area contributed by atoms with Gasteiger partial charge in [-0.3, -0.25) is 0 Å². The molecule has 0 bridgehead atoms. The quantitative estimate of drug-likeness (QED) is 0.397. The van der Waals surface area contributed by atoms with Crippen LogP contribution in [0.15, 0.2) is 37.5 Å². The Bertz CT molecular complexity index is 264. The van der Waals surface area contributed by atoms with Gasteiger partial charge in [0.25, 0.3) is 0 Å². The highest BCUT2D eigenvalue weighted by atomic mass is 16.6. The van der Waals surface area contributed by atoms with E-state index in [1.165, 1.54) is 0 Å². The number of hydrogen-bond acceptors (Lipinski definition) is 5. The van der Waals surface area contributed by atoms with Crippen LogP contribution in [0, 0.1) is 0 Å². The Hall–Kier alpha value is -2.04. The summed E-state index contributed by atoms with van der Waals surface area (Å²) in [6, 6.07) is 0. The SMILES string of the molecule is C=CC(=O)O/C=C(\O)OC(=O)C=C. The minimum atomic E-state index is -0.858. The number of rotatable bonds is 4. The third kappa shape index (κ3) is 5.25. The van der Waals surface area contributed by atoms with Gasteiger partial charge in [0.05, 0.1) is 0 Å². The van der Waals surface area contributed by atoms with Crippen molar-refractivity contribution in [1.29, 1.82) is 0 Å². The highest BCUT2D eigenvalue weighted by molar-refractivity contribution is 5.82. The number of ether oxygens (including phenoxy) is 2. The molecule has 0 unspecified atom stereocenters. The predicted molar refractivity (Wildman–Crippen MR) is 43.3 cm³/mol. The van der Waals surface area contributed by atoms with Crippen molar-refractivity contribution >= 4 is 11.9 Å². The number of carbonyl (C=O) groups is 2. The molecule has 5 heteroatoms. The Morgan fingerprint density at radius 3 is 2.15 bits per heavy atom. The summed E-state index contributed by atoms with van der Waals surface area (Å²) in [5.41, 5.74) is 0. The summed E-state index contributed by atoms with van der Waals surface area (Å²) in [5.74, 6) is -2.47. The molecule has 0 amide bonds. The fourth-order valence-corrected chi connectivity index (χ4v) is 0.325. The van der Waals surface area contributed by atoms with Gasteiger partial charge in [0.2, 0.25) is 0 Å². The molecule has 0 aliphatic rings. The smallest absolute Gasteiger partial charge is 0.338 e. The molecule has 0 rings (SSSR count). The topological polar surface area (TPSA) is 72.8 Å². The largest absolute Gasteiger partial charge is 0.478 e. The second-order valence-corrected chi connectivity index (χ2v) is 1.72. The van der Waals surface area contributed by atoms with Crippen LogP contribution in [0.2, 0.25) is 0 Å². The van der Waals surface area contributed by atoms with Gasteiger partial charge in [-0.15, -0.1) is 0 Å². The summed E-state index contributed by atoms with van der Waals surface area (Å²) in [6.45, 7) is 6.19. The lowest BCUT2D eigenvalue weighted by atomic mass is 10.6.